The van der Waals surface area contributed by atoms with Crippen LogP contribution in [0.25, 0.3) is 10.8 Å². The van der Waals surface area contributed by atoms with Gasteiger partial charge in [0.05, 0.1) is 5.69 Å². The summed E-state index contributed by atoms with van der Waals surface area (Å²) in [7, 11) is 0. The molecular formula is C18H15N3O. The molecule has 1 aromatic heterocycles. The Morgan fingerprint density at radius 3 is 2.64 bits per heavy atom. The van der Waals surface area contributed by atoms with Crippen molar-refractivity contribution in [2.24, 2.45) is 0 Å². The summed E-state index contributed by atoms with van der Waals surface area (Å²) in [5, 5.41) is 8.41. The normalized spacial score (nSPS) is 16.7. The Balaban J connectivity index is 1.72. The molecule has 22 heavy (non-hydrogen) atoms. The van der Waals surface area contributed by atoms with Crippen LogP contribution in [0.4, 0.5) is 11.5 Å². The van der Waals surface area contributed by atoms with Gasteiger partial charge >= 0.3 is 0 Å². The summed E-state index contributed by atoms with van der Waals surface area (Å²) in [6.07, 6.45) is 2.43. The molecule has 0 saturated carbocycles. The molecule has 0 radical (unpaired) electrons. The minimum Gasteiger partial charge on any atom is -0.370 e. The number of anilines is 2. The lowest BCUT2D eigenvalue weighted by atomic mass is 10.0. The maximum atomic E-state index is 12.3. The van der Waals surface area contributed by atoms with Gasteiger partial charge in [0.2, 0.25) is 5.91 Å². The minimum absolute atomic E-state index is 0.0425. The summed E-state index contributed by atoms with van der Waals surface area (Å²) in [5.41, 5.74) is 2.03. The average Bonchev–Trinajstić information content (AvgIpc) is 2.56. The van der Waals surface area contributed by atoms with Gasteiger partial charge in [0.1, 0.15) is 6.04 Å². The van der Waals surface area contributed by atoms with Gasteiger partial charge < -0.3 is 10.6 Å². The number of aromatic nitrogens is 1. The smallest absolute Gasteiger partial charge is 0.248 e. The molecule has 4 rings (SSSR count). The van der Waals surface area contributed by atoms with Crippen LogP contribution in [0.1, 0.15) is 5.56 Å². The lowest BCUT2D eigenvalue weighted by Gasteiger charge is -2.27. The zero-order chi connectivity index (χ0) is 14.9. The Bertz CT molecular complexity index is 845. The van der Waals surface area contributed by atoms with Crippen molar-refractivity contribution >= 4 is 28.2 Å². The van der Waals surface area contributed by atoms with E-state index in [9.17, 15) is 4.79 Å². The number of hydrogen-bond acceptors (Lipinski definition) is 3. The molecule has 2 heterocycles. The van der Waals surface area contributed by atoms with E-state index in [-0.39, 0.29) is 11.9 Å². The third-order valence-electron chi connectivity index (χ3n) is 3.96. The zero-order valence-electron chi connectivity index (χ0n) is 11.9. The summed E-state index contributed by atoms with van der Waals surface area (Å²) in [6.45, 7) is 0. The molecule has 0 bridgehead atoms. The van der Waals surface area contributed by atoms with Crippen LogP contribution in [0.5, 0.6) is 0 Å². The predicted octanol–water partition coefficient (Wildman–Crippen LogP) is 3.21. The Morgan fingerprint density at radius 2 is 1.77 bits per heavy atom. The Hall–Kier alpha value is -2.88. The van der Waals surface area contributed by atoms with E-state index in [0.29, 0.717) is 12.2 Å². The minimum atomic E-state index is -0.289. The highest BCUT2D eigenvalue weighted by atomic mass is 16.2. The molecule has 1 amide bonds. The molecule has 108 valence electrons. The van der Waals surface area contributed by atoms with Crippen LogP contribution in [0, 0.1) is 0 Å². The monoisotopic (exact) mass is 289 g/mol. The highest BCUT2D eigenvalue weighted by molar-refractivity contribution is 6.09. The lowest BCUT2D eigenvalue weighted by Crippen LogP contribution is -2.40. The zero-order valence-corrected chi connectivity index (χ0v) is 11.9. The summed E-state index contributed by atoms with van der Waals surface area (Å²) in [5.74, 6) is 0.562. The second kappa shape index (κ2) is 5.15. The van der Waals surface area contributed by atoms with Crippen LogP contribution in [0.3, 0.4) is 0 Å². The topological polar surface area (TPSA) is 54.0 Å². The second-order valence-corrected chi connectivity index (χ2v) is 5.44. The third-order valence-corrected chi connectivity index (χ3v) is 3.96. The fourth-order valence-electron chi connectivity index (χ4n) is 2.84. The molecule has 1 unspecified atom stereocenters. The van der Waals surface area contributed by atoms with Gasteiger partial charge in [0.25, 0.3) is 0 Å². The van der Waals surface area contributed by atoms with Crippen molar-refractivity contribution in [2.75, 3.05) is 10.6 Å². The molecule has 0 saturated heterocycles. The van der Waals surface area contributed by atoms with E-state index in [4.69, 9.17) is 0 Å². The van der Waals surface area contributed by atoms with Gasteiger partial charge in [-0.05, 0) is 5.56 Å². The fourth-order valence-corrected chi connectivity index (χ4v) is 2.84. The van der Waals surface area contributed by atoms with E-state index < -0.39 is 0 Å². The number of rotatable bonds is 2. The molecule has 1 atom stereocenters. The number of nitrogens with zero attached hydrogens (tertiary/aromatic N) is 1. The number of nitrogens with one attached hydrogen (secondary N) is 2. The molecule has 0 spiro atoms. The molecule has 1 aliphatic rings. The number of carbonyl (C=O) groups excluding carboxylic acids is 1. The van der Waals surface area contributed by atoms with Crippen molar-refractivity contribution < 1.29 is 4.79 Å². The van der Waals surface area contributed by atoms with Crippen molar-refractivity contribution in [3.8, 4) is 0 Å². The van der Waals surface area contributed by atoms with Crippen LogP contribution in [0.15, 0.2) is 60.8 Å². The molecule has 3 aromatic rings. The molecule has 2 N–H and O–H groups in total. The van der Waals surface area contributed by atoms with E-state index in [2.05, 4.69) is 15.6 Å². The Labute approximate surface area is 128 Å². The van der Waals surface area contributed by atoms with Gasteiger partial charge in [-0.3, -0.25) is 4.79 Å². The standard InChI is InChI=1S/C18H15N3O/c22-18-15(10-12-6-2-1-3-7-12)20-16-14-9-5-4-8-13(14)11-19-17(16)21-18/h1-9,11,15,20H,10H2,(H,19,21,22). The fraction of sp³-hybridized carbons (Fsp3) is 0.111. The van der Waals surface area contributed by atoms with E-state index in [1.54, 1.807) is 6.20 Å². The van der Waals surface area contributed by atoms with E-state index in [1.165, 1.54) is 0 Å². The van der Waals surface area contributed by atoms with Crippen LogP contribution < -0.4 is 10.6 Å². The lowest BCUT2D eigenvalue weighted by molar-refractivity contribution is -0.117. The van der Waals surface area contributed by atoms with Gasteiger partial charge in [0, 0.05) is 23.4 Å². The maximum absolute atomic E-state index is 12.3. The van der Waals surface area contributed by atoms with Crippen LogP contribution in [0.2, 0.25) is 0 Å². The number of fused-ring (bicyclic) bond motifs is 3. The van der Waals surface area contributed by atoms with Gasteiger partial charge in [-0.25, -0.2) is 4.98 Å². The van der Waals surface area contributed by atoms with Gasteiger partial charge in [-0.1, -0.05) is 54.6 Å². The molecular weight excluding hydrogens is 274 g/mol. The number of hydrogen-bond donors (Lipinski definition) is 2. The molecule has 4 nitrogen and oxygen atoms in total. The van der Waals surface area contributed by atoms with Crippen LogP contribution >= 0.6 is 0 Å². The first kappa shape index (κ1) is 12.8. The first-order chi connectivity index (χ1) is 10.8. The van der Waals surface area contributed by atoms with Gasteiger partial charge in [-0.2, -0.15) is 0 Å². The molecule has 2 aromatic carbocycles. The Morgan fingerprint density at radius 1 is 1.00 bits per heavy atom. The second-order valence-electron chi connectivity index (χ2n) is 5.44. The highest BCUT2D eigenvalue weighted by Crippen LogP contribution is 2.33. The van der Waals surface area contributed by atoms with E-state index in [0.717, 1.165) is 22.0 Å². The van der Waals surface area contributed by atoms with E-state index in [1.807, 2.05) is 54.6 Å². The molecule has 0 aliphatic carbocycles. The summed E-state index contributed by atoms with van der Waals surface area (Å²) in [6, 6.07) is 17.8. The average molecular weight is 289 g/mol. The predicted molar refractivity (Wildman–Crippen MR) is 87.9 cm³/mol. The number of carbonyl (C=O) groups is 1. The van der Waals surface area contributed by atoms with Crippen molar-refractivity contribution in [1.82, 2.24) is 4.98 Å². The largest absolute Gasteiger partial charge is 0.370 e. The highest BCUT2D eigenvalue weighted by Gasteiger charge is 2.27. The number of pyridine rings is 1. The van der Waals surface area contributed by atoms with Gasteiger partial charge in [-0.15, -0.1) is 0 Å². The summed E-state index contributed by atoms with van der Waals surface area (Å²) in [4.78, 5) is 16.6. The molecule has 1 aliphatic heterocycles. The number of benzene rings is 2. The number of amides is 1. The molecule has 4 heteroatoms. The van der Waals surface area contributed by atoms with Crippen molar-refractivity contribution in [3.63, 3.8) is 0 Å². The SMILES string of the molecule is O=C1Nc2ncc3ccccc3c2NC1Cc1ccccc1. The van der Waals surface area contributed by atoms with Crippen LogP contribution in [-0.4, -0.2) is 16.9 Å². The van der Waals surface area contributed by atoms with Gasteiger partial charge in [0.15, 0.2) is 5.82 Å². The quantitative estimate of drug-likeness (QED) is 0.761. The molecule has 0 fully saturated rings. The maximum Gasteiger partial charge on any atom is 0.248 e. The summed E-state index contributed by atoms with van der Waals surface area (Å²) >= 11 is 0. The van der Waals surface area contributed by atoms with Crippen molar-refractivity contribution in [1.29, 1.82) is 0 Å². The van der Waals surface area contributed by atoms with E-state index >= 15 is 0 Å². The van der Waals surface area contributed by atoms with Crippen molar-refractivity contribution in [3.05, 3.63) is 66.4 Å². The van der Waals surface area contributed by atoms with Crippen LogP contribution in [-0.2, 0) is 11.2 Å². The summed E-state index contributed by atoms with van der Waals surface area (Å²) < 4.78 is 0. The first-order valence-corrected chi connectivity index (χ1v) is 7.30. The Kier molecular flexibility index (Phi) is 3.00. The third kappa shape index (κ3) is 2.19. The first-order valence-electron chi connectivity index (χ1n) is 7.30. The van der Waals surface area contributed by atoms with Crippen molar-refractivity contribution in [2.45, 2.75) is 12.5 Å².